The summed E-state index contributed by atoms with van der Waals surface area (Å²) in [6, 6.07) is 13.8. The van der Waals surface area contributed by atoms with Crippen LogP contribution in [0.2, 0.25) is 0 Å². The van der Waals surface area contributed by atoms with E-state index in [4.69, 9.17) is 4.74 Å². The Balaban J connectivity index is 1.64. The molecule has 152 valence electrons. The summed E-state index contributed by atoms with van der Waals surface area (Å²) in [4.78, 5) is 39.5. The number of hydrogen-bond acceptors (Lipinski definition) is 4. The van der Waals surface area contributed by atoms with Crippen LogP contribution in [0.15, 0.2) is 48.5 Å². The Morgan fingerprint density at radius 3 is 2.28 bits per heavy atom. The van der Waals surface area contributed by atoms with Gasteiger partial charge in [0.2, 0.25) is 6.41 Å². The number of hydrogen-bond donors (Lipinski definition) is 1. The maximum absolute atomic E-state index is 12.7. The molecule has 0 unspecified atom stereocenters. The number of ether oxygens (including phenoxy) is 1. The zero-order chi connectivity index (χ0) is 20.8. The van der Waals surface area contributed by atoms with E-state index in [1.165, 1.54) is 0 Å². The minimum absolute atomic E-state index is 0.0807. The van der Waals surface area contributed by atoms with Crippen molar-refractivity contribution in [3.63, 3.8) is 0 Å². The highest BCUT2D eigenvalue weighted by molar-refractivity contribution is 6.06. The fourth-order valence-corrected chi connectivity index (χ4v) is 3.10. The standard InChI is InChI=1S/C22H25N3O4/c1-16(2)29-20-8-6-19(7-9-20)23-21(27)17-4-3-5-18(14-17)22(28)25-12-10-24(15-26)11-13-25/h3-9,14-16H,10-13H2,1-2H3,(H,23,27). The largest absolute Gasteiger partial charge is 0.491 e. The molecule has 0 aliphatic carbocycles. The van der Waals surface area contributed by atoms with E-state index in [1.54, 1.807) is 58.3 Å². The molecule has 0 radical (unpaired) electrons. The average Bonchev–Trinajstić information content (AvgIpc) is 2.74. The zero-order valence-electron chi connectivity index (χ0n) is 16.6. The number of nitrogens with zero attached hydrogens (tertiary/aromatic N) is 2. The summed E-state index contributed by atoms with van der Waals surface area (Å²) < 4.78 is 5.60. The topological polar surface area (TPSA) is 79.0 Å². The third-order valence-corrected chi connectivity index (χ3v) is 4.61. The van der Waals surface area contributed by atoms with Crippen LogP contribution in [-0.2, 0) is 4.79 Å². The first-order chi connectivity index (χ1) is 14.0. The molecule has 2 aromatic carbocycles. The van der Waals surface area contributed by atoms with Gasteiger partial charge < -0.3 is 19.9 Å². The van der Waals surface area contributed by atoms with Crippen LogP contribution in [-0.4, -0.2) is 60.3 Å². The quantitative estimate of drug-likeness (QED) is 0.763. The predicted molar refractivity (Wildman–Crippen MR) is 110 cm³/mol. The smallest absolute Gasteiger partial charge is 0.255 e. The third kappa shape index (κ3) is 5.34. The van der Waals surface area contributed by atoms with Crippen molar-refractivity contribution in [1.29, 1.82) is 0 Å². The van der Waals surface area contributed by atoms with E-state index in [2.05, 4.69) is 5.32 Å². The molecular formula is C22H25N3O4. The molecule has 1 heterocycles. The van der Waals surface area contributed by atoms with Gasteiger partial charge in [0.05, 0.1) is 6.10 Å². The number of carbonyl (C=O) groups is 3. The third-order valence-electron chi connectivity index (χ3n) is 4.61. The van der Waals surface area contributed by atoms with Gasteiger partial charge in [-0.15, -0.1) is 0 Å². The highest BCUT2D eigenvalue weighted by atomic mass is 16.5. The van der Waals surface area contributed by atoms with Gasteiger partial charge in [-0.1, -0.05) is 6.07 Å². The second-order valence-corrected chi connectivity index (χ2v) is 7.16. The van der Waals surface area contributed by atoms with Crippen molar-refractivity contribution >= 4 is 23.9 Å². The summed E-state index contributed by atoms with van der Waals surface area (Å²) in [7, 11) is 0. The molecule has 0 aromatic heterocycles. The molecule has 2 aromatic rings. The fourth-order valence-electron chi connectivity index (χ4n) is 3.10. The summed E-state index contributed by atoms with van der Waals surface area (Å²) >= 11 is 0. The van der Waals surface area contributed by atoms with E-state index < -0.39 is 0 Å². The van der Waals surface area contributed by atoms with Crippen LogP contribution in [0.1, 0.15) is 34.6 Å². The normalized spacial score (nSPS) is 13.9. The molecule has 1 fully saturated rings. The van der Waals surface area contributed by atoms with Crippen molar-refractivity contribution in [2.45, 2.75) is 20.0 Å². The van der Waals surface area contributed by atoms with Gasteiger partial charge in [0, 0.05) is 43.0 Å². The average molecular weight is 395 g/mol. The molecule has 0 saturated carbocycles. The first-order valence-electron chi connectivity index (χ1n) is 9.63. The lowest BCUT2D eigenvalue weighted by atomic mass is 10.1. The number of nitrogens with one attached hydrogen (secondary N) is 1. The lowest BCUT2D eigenvalue weighted by Crippen LogP contribution is -2.48. The molecule has 0 bridgehead atoms. The maximum atomic E-state index is 12.7. The number of anilines is 1. The van der Waals surface area contributed by atoms with Crippen molar-refractivity contribution in [2.24, 2.45) is 0 Å². The van der Waals surface area contributed by atoms with Crippen molar-refractivity contribution in [2.75, 3.05) is 31.5 Å². The first-order valence-corrected chi connectivity index (χ1v) is 9.63. The van der Waals surface area contributed by atoms with Crippen LogP contribution in [0, 0.1) is 0 Å². The van der Waals surface area contributed by atoms with E-state index in [0.717, 1.165) is 12.2 Å². The van der Waals surface area contributed by atoms with Gasteiger partial charge in [0.25, 0.3) is 11.8 Å². The lowest BCUT2D eigenvalue weighted by molar-refractivity contribution is -0.119. The lowest BCUT2D eigenvalue weighted by Gasteiger charge is -2.32. The summed E-state index contributed by atoms with van der Waals surface area (Å²) in [5.41, 5.74) is 1.51. The first kappa shape index (κ1) is 20.4. The second-order valence-electron chi connectivity index (χ2n) is 7.16. The molecule has 7 heteroatoms. The predicted octanol–water partition coefficient (Wildman–Crippen LogP) is 2.64. The van der Waals surface area contributed by atoms with Crippen LogP contribution < -0.4 is 10.1 Å². The SMILES string of the molecule is CC(C)Oc1ccc(NC(=O)c2cccc(C(=O)N3CCN(C=O)CC3)c2)cc1. The van der Waals surface area contributed by atoms with Crippen molar-refractivity contribution in [3.05, 3.63) is 59.7 Å². The van der Waals surface area contributed by atoms with E-state index in [0.29, 0.717) is 43.0 Å². The molecule has 0 atom stereocenters. The minimum Gasteiger partial charge on any atom is -0.491 e. The van der Waals surface area contributed by atoms with Crippen LogP contribution in [0.25, 0.3) is 0 Å². The molecule has 7 nitrogen and oxygen atoms in total. The number of amides is 3. The van der Waals surface area contributed by atoms with Crippen molar-refractivity contribution < 1.29 is 19.1 Å². The molecule has 3 rings (SSSR count). The Morgan fingerprint density at radius 2 is 1.66 bits per heavy atom. The van der Waals surface area contributed by atoms with Crippen molar-refractivity contribution in [3.8, 4) is 5.75 Å². The van der Waals surface area contributed by atoms with Crippen molar-refractivity contribution in [1.82, 2.24) is 9.80 Å². The molecule has 1 N–H and O–H groups in total. The maximum Gasteiger partial charge on any atom is 0.255 e. The Hall–Kier alpha value is -3.35. The zero-order valence-corrected chi connectivity index (χ0v) is 16.6. The number of piperazine rings is 1. The molecule has 1 aliphatic rings. The molecule has 29 heavy (non-hydrogen) atoms. The number of rotatable bonds is 6. The molecule has 0 spiro atoms. The highest BCUT2D eigenvalue weighted by Gasteiger charge is 2.22. The second kappa shape index (κ2) is 9.23. The van der Waals surface area contributed by atoms with Crippen LogP contribution in [0.4, 0.5) is 5.69 Å². The van der Waals surface area contributed by atoms with E-state index in [-0.39, 0.29) is 17.9 Å². The highest BCUT2D eigenvalue weighted by Crippen LogP contribution is 2.18. The van der Waals surface area contributed by atoms with E-state index in [9.17, 15) is 14.4 Å². The summed E-state index contributed by atoms with van der Waals surface area (Å²) in [6.45, 7) is 5.91. The molecule has 1 saturated heterocycles. The Bertz CT molecular complexity index is 872. The number of carbonyl (C=O) groups excluding carboxylic acids is 3. The summed E-state index contributed by atoms with van der Waals surface area (Å²) in [6.07, 6.45) is 0.881. The van der Waals surface area contributed by atoms with E-state index in [1.807, 2.05) is 13.8 Å². The molecular weight excluding hydrogens is 370 g/mol. The Labute approximate surface area is 170 Å². The monoisotopic (exact) mass is 395 g/mol. The van der Waals surface area contributed by atoms with Gasteiger partial charge in [-0.2, -0.15) is 0 Å². The van der Waals surface area contributed by atoms with Gasteiger partial charge in [0.1, 0.15) is 5.75 Å². The van der Waals surface area contributed by atoms with Gasteiger partial charge >= 0.3 is 0 Å². The van der Waals surface area contributed by atoms with Crippen LogP contribution >= 0.6 is 0 Å². The summed E-state index contributed by atoms with van der Waals surface area (Å²) in [5, 5.41) is 2.83. The minimum atomic E-state index is -0.289. The van der Waals surface area contributed by atoms with Crippen LogP contribution in [0.3, 0.4) is 0 Å². The fraction of sp³-hybridized carbons (Fsp3) is 0.318. The van der Waals surface area contributed by atoms with Gasteiger partial charge in [-0.05, 0) is 56.3 Å². The number of benzene rings is 2. The van der Waals surface area contributed by atoms with Gasteiger partial charge in [0.15, 0.2) is 0 Å². The van der Waals surface area contributed by atoms with Gasteiger partial charge in [-0.25, -0.2) is 0 Å². The summed E-state index contributed by atoms with van der Waals surface area (Å²) in [5.74, 6) is 0.309. The van der Waals surface area contributed by atoms with Gasteiger partial charge in [-0.3, -0.25) is 14.4 Å². The van der Waals surface area contributed by atoms with E-state index >= 15 is 0 Å². The Kier molecular flexibility index (Phi) is 6.49. The molecule has 1 aliphatic heterocycles. The molecule has 3 amide bonds. The van der Waals surface area contributed by atoms with Crippen LogP contribution in [0.5, 0.6) is 5.75 Å². The Morgan fingerprint density at radius 1 is 1.00 bits per heavy atom.